The first-order chi connectivity index (χ1) is 10.1. The summed E-state index contributed by atoms with van der Waals surface area (Å²) in [6, 6.07) is 4.24. The summed E-state index contributed by atoms with van der Waals surface area (Å²) < 4.78 is 37.7. The number of carbonyl (C=O) groups excluding carboxylic acids is 1. The number of hydrogen-bond donors (Lipinski definition) is 1. The van der Waals surface area contributed by atoms with E-state index in [1.165, 1.54) is 31.0 Å². The van der Waals surface area contributed by atoms with Crippen molar-refractivity contribution in [1.29, 1.82) is 0 Å². The molecule has 1 atom stereocenters. The number of carboxylic acids is 1. The Labute approximate surface area is 124 Å². The van der Waals surface area contributed by atoms with Crippen LogP contribution < -0.4 is 0 Å². The van der Waals surface area contributed by atoms with E-state index in [0.717, 1.165) is 12.1 Å². The zero-order chi connectivity index (χ0) is 16.7. The number of allylic oxidation sites excluding steroid dienone is 1. The first-order valence-electron chi connectivity index (χ1n) is 6.50. The summed E-state index contributed by atoms with van der Waals surface area (Å²) in [6.45, 7) is 1.51. The van der Waals surface area contributed by atoms with Crippen LogP contribution in [0.3, 0.4) is 0 Å². The Morgan fingerprint density at radius 2 is 1.82 bits per heavy atom. The molecule has 1 aromatic carbocycles. The van der Waals surface area contributed by atoms with Crippen LogP contribution in [0.25, 0.3) is 0 Å². The molecular weight excluding hydrogens is 299 g/mol. The molecule has 22 heavy (non-hydrogen) atoms. The molecule has 1 aromatic rings. The van der Waals surface area contributed by atoms with Crippen LogP contribution >= 0.6 is 0 Å². The first kappa shape index (κ1) is 16.1. The highest BCUT2D eigenvalue weighted by Gasteiger charge is 2.35. The number of rotatable bonds is 2. The van der Waals surface area contributed by atoms with Gasteiger partial charge in [0.2, 0.25) is 5.91 Å². The highest BCUT2D eigenvalue weighted by atomic mass is 19.4. The lowest BCUT2D eigenvalue weighted by atomic mass is 9.83. The predicted molar refractivity (Wildman–Crippen MR) is 71.9 cm³/mol. The molecule has 0 spiro atoms. The van der Waals surface area contributed by atoms with Crippen molar-refractivity contribution in [2.24, 2.45) is 0 Å². The number of carboxylic acid groups (broad SMARTS) is 1. The van der Waals surface area contributed by atoms with E-state index in [1.54, 1.807) is 0 Å². The van der Waals surface area contributed by atoms with Crippen molar-refractivity contribution in [3.63, 3.8) is 0 Å². The van der Waals surface area contributed by atoms with Crippen molar-refractivity contribution < 1.29 is 27.9 Å². The molecule has 7 heteroatoms. The third-order valence-corrected chi connectivity index (χ3v) is 3.86. The van der Waals surface area contributed by atoms with Gasteiger partial charge in [-0.05, 0) is 24.6 Å². The fourth-order valence-corrected chi connectivity index (χ4v) is 2.53. The maximum absolute atomic E-state index is 12.6. The zero-order valence-corrected chi connectivity index (χ0v) is 11.9. The van der Waals surface area contributed by atoms with Crippen molar-refractivity contribution in [2.45, 2.75) is 25.4 Å². The highest BCUT2D eigenvalue weighted by Crippen LogP contribution is 2.37. The van der Waals surface area contributed by atoms with E-state index in [9.17, 15) is 27.9 Å². The second-order valence-corrected chi connectivity index (χ2v) is 5.13. The SMILES string of the molecule is CC1=C(C(=O)O)C(c2ccc(C(F)(F)F)cc2)CC(=O)N1C. The minimum Gasteiger partial charge on any atom is -0.478 e. The van der Waals surface area contributed by atoms with Crippen LogP contribution in [0.1, 0.15) is 30.4 Å². The van der Waals surface area contributed by atoms with Gasteiger partial charge in [0.15, 0.2) is 0 Å². The topological polar surface area (TPSA) is 57.6 Å². The van der Waals surface area contributed by atoms with E-state index in [1.807, 2.05) is 0 Å². The molecule has 118 valence electrons. The Balaban J connectivity index is 2.46. The van der Waals surface area contributed by atoms with E-state index >= 15 is 0 Å². The van der Waals surface area contributed by atoms with Gasteiger partial charge in [0.25, 0.3) is 0 Å². The Kier molecular flexibility index (Phi) is 4.00. The van der Waals surface area contributed by atoms with Crippen molar-refractivity contribution in [1.82, 2.24) is 4.90 Å². The third-order valence-electron chi connectivity index (χ3n) is 3.86. The molecule has 0 bridgehead atoms. The van der Waals surface area contributed by atoms with Crippen LogP contribution in [0, 0.1) is 0 Å². The van der Waals surface area contributed by atoms with Gasteiger partial charge in [-0.2, -0.15) is 13.2 Å². The molecule has 1 N–H and O–H groups in total. The van der Waals surface area contributed by atoms with Crippen molar-refractivity contribution in [3.05, 3.63) is 46.7 Å². The maximum Gasteiger partial charge on any atom is 0.416 e. The highest BCUT2D eigenvalue weighted by molar-refractivity contribution is 5.94. The number of hydrogen-bond acceptors (Lipinski definition) is 2. The average Bonchev–Trinajstić information content (AvgIpc) is 2.43. The van der Waals surface area contributed by atoms with Crippen molar-refractivity contribution >= 4 is 11.9 Å². The smallest absolute Gasteiger partial charge is 0.416 e. The van der Waals surface area contributed by atoms with Crippen LogP contribution in [0.2, 0.25) is 0 Å². The molecule has 2 rings (SSSR count). The standard InChI is InChI=1S/C15H14F3NO3/c1-8-13(14(21)22)11(7-12(20)19(8)2)9-3-5-10(6-4-9)15(16,17)18/h3-6,11H,7H2,1-2H3,(H,21,22). The summed E-state index contributed by atoms with van der Waals surface area (Å²) >= 11 is 0. The summed E-state index contributed by atoms with van der Waals surface area (Å²) in [5.74, 6) is -2.20. The molecule has 0 saturated carbocycles. The zero-order valence-electron chi connectivity index (χ0n) is 11.9. The fraction of sp³-hybridized carbons (Fsp3) is 0.333. The van der Waals surface area contributed by atoms with E-state index in [0.29, 0.717) is 11.3 Å². The Bertz CT molecular complexity index is 647. The molecule has 0 saturated heterocycles. The fourth-order valence-electron chi connectivity index (χ4n) is 2.53. The second-order valence-electron chi connectivity index (χ2n) is 5.13. The van der Waals surface area contributed by atoms with Gasteiger partial charge in [0, 0.05) is 25.1 Å². The van der Waals surface area contributed by atoms with Crippen LogP contribution in [0.15, 0.2) is 35.5 Å². The number of carbonyl (C=O) groups is 2. The van der Waals surface area contributed by atoms with Crippen LogP contribution in [-0.2, 0) is 15.8 Å². The number of nitrogens with zero attached hydrogens (tertiary/aromatic N) is 1. The molecule has 0 aliphatic carbocycles. The molecule has 4 nitrogen and oxygen atoms in total. The Hall–Kier alpha value is -2.31. The first-order valence-corrected chi connectivity index (χ1v) is 6.50. The average molecular weight is 313 g/mol. The quantitative estimate of drug-likeness (QED) is 0.913. The van der Waals surface area contributed by atoms with E-state index in [-0.39, 0.29) is 17.9 Å². The molecule has 1 heterocycles. The van der Waals surface area contributed by atoms with E-state index in [4.69, 9.17) is 0 Å². The largest absolute Gasteiger partial charge is 0.478 e. The van der Waals surface area contributed by atoms with Gasteiger partial charge in [-0.25, -0.2) is 4.79 Å². The molecule has 0 fully saturated rings. The minimum absolute atomic E-state index is 0.0295. The molecule has 0 radical (unpaired) electrons. The van der Waals surface area contributed by atoms with Crippen LogP contribution in [0.5, 0.6) is 0 Å². The third kappa shape index (κ3) is 2.84. The molecule has 1 amide bonds. The molecule has 1 aliphatic rings. The molecule has 1 unspecified atom stereocenters. The summed E-state index contributed by atoms with van der Waals surface area (Å²) in [5, 5.41) is 9.35. The van der Waals surface area contributed by atoms with Crippen LogP contribution in [0.4, 0.5) is 13.2 Å². The normalized spacial score (nSPS) is 19.6. The van der Waals surface area contributed by atoms with Crippen molar-refractivity contribution in [3.8, 4) is 0 Å². The molecule has 1 aliphatic heterocycles. The maximum atomic E-state index is 12.6. The van der Waals surface area contributed by atoms with Gasteiger partial charge in [0.1, 0.15) is 0 Å². The second kappa shape index (κ2) is 5.47. The number of amides is 1. The summed E-state index contributed by atoms with van der Waals surface area (Å²) in [7, 11) is 1.48. The van der Waals surface area contributed by atoms with Gasteiger partial charge in [-0.3, -0.25) is 4.79 Å². The number of aliphatic carboxylic acids is 1. The Morgan fingerprint density at radius 1 is 1.27 bits per heavy atom. The van der Waals surface area contributed by atoms with E-state index in [2.05, 4.69) is 0 Å². The van der Waals surface area contributed by atoms with Gasteiger partial charge in [0.05, 0.1) is 11.1 Å². The number of alkyl halides is 3. The van der Waals surface area contributed by atoms with Gasteiger partial charge in [-0.1, -0.05) is 12.1 Å². The summed E-state index contributed by atoms with van der Waals surface area (Å²) in [5.41, 5.74) is -0.102. The van der Waals surface area contributed by atoms with Crippen LogP contribution in [-0.4, -0.2) is 28.9 Å². The monoisotopic (exact) mass is 313 g/mol. The molecular formula is C15H14F3NO3. The molecule has 0 aromatic heterocycles. The van der Waals surface area contributed by atoms with E-state index < -0.39 is 23.6 Å². The number of benzene rings is 1. The Morgan fingerprint density at radius 3 is 2.27 bits per heavy atom. The summed E-state index contributed by atoms with van der Waals surface area (Å²) in [4.78, 5) is 24.6. The lowest BCUT2D eigenvalue weighted by molar-refractivity contribution is -0.138. The summed E-state index contributed by atoms with van der Waals surface area (Å²) in [6.07, 6.45) is -4.54. The van der Waals surface area contributed by atoms with Gasteiger partial charge in [-0.15, -0.1) is 0 Å². The number of halogens is 3. The van der Waals surface area contributed by atoms with Gasteiger partial charge < -0.3 is 10.0 Å². The lowest BCUT2D eigenvalue weighted by Gasteiger charge is -2.31. The lowest BCUT2D eigenvalue weighted by Crippen LogP contribution is -2.35. The minimum atomic E-state index is -4.46. The van der Waals surface area contributed by atoms with Crippen molar-refractivity contribution in [2.75, 3.05) is 7.05 Å². The van der Waals surface area contributed by atoms with Gasteiger partial charge >= 0.3 is 12.1 Å². The predicted octanol–water partition coefficient (Wildman–Crippen LogP) is 3.01.